The molecule has 3 amide bonds. The minimum atomic E-state index is -4.82. The number of carbonyl (C=O) groups is 2. The number of aromatic nitrogens is 1. The normalized spacial score (nSPS) is 14.3. The first kappa shape index (κ1) is 20.4. The van der Waals surface area contributed by atoms with Crippen molar-refractivity contribution in [2.75, 3.05) is 11.4 Å². The van der Waals surface area contributed by atoms with Gasteiger partial charge in [-0.3, -0.25) is 9.78 Å². The molecule has 4 rings (SSSR count). The van der Waals surface area contributed by atoms with Crippen molar-refractivity contribution >= 4 is 17.6 Å². The first-order chi connectivity index (χ1) is 14.8. The molecule has 0 saturated carbocycles. The number of alkyl halides is 3. The standard InChI is InChI=1S/C22H16F3N3O3/c23-22(24,25)31-18-8-6-17(7-9-18)28-20(29)14-27(21(28)30)13-16-10-11-26-12-19(16)15-4-2-1-3-5-15/h1-12H,13-14H2. The molecule has 0 atom stereocenters. The van der Waals surface area contributed by atoms with E-state index in [-0.39, 0.29) is 18.8 Å². The van der Waals surface area contributed by atoms with Crippen LogP contribution in [0, 0.1) is 0 Å². The van der Waals surface area contributed by atoms with Crippen molar-refractivity contribution in [3.63, 3.8) is 0 Å². The van der Waals surface area contributed by atoms with Gasteiger partial charge in [0.25, 0.3) is 5.91 Å². The zero-order valence-electron chi connectivity index (χ0n) is 16.0. The second-order valence-electron chi connectivity index (χ2n) is 6.81. The number of ether oxygens (including phenoxy) is 1. The van der Waals surface area contributed by atoms with Crippen LogP contribution in [0.25, 0.3) is 11.1 Å². The molecule has 0 aliphatic carbocycles. The predicted octanol–water partition coefficient (Wildman–Crippen LogP) is 4.62. The second kappa shape index (κ2) is 8.10. The second-order valence-corrected chi connectivity index (χ2v) is 6.81. The summed E-state index contributed by atoms with van der Waals surface area (Å²) in [6.07, 6.45) is -1.51. The van der Waals surface area contributed by atoms with Crippen molar-refractivity contribution in [1.29, 1.82) is 0 Å². The minimum Gasteiger partial charge on any atom is -0.406 e. The lowest BCUT2D eigenvalue weighted by Gasteiger charge is -2.19. The molecule has 9 heteroatoms. The smallest absolute Gasteiger partial charge is 0.406 e. The highest BCUT2D eigenvalue weighted by Crippen LogP contribution is 2.29. The van der Waals surface area contributed by atoms with Gasteiger partial charge in [0.15, 0.2) is 0 Å². The molecule has 1 aromatic heterocycles. The molecule has 1 aliphatic rings. The fourth-order valence-electron chi connectivity index (χ4n) is 3.37. The van der Waals surface area contributed by atoms with Crippen LogP contribution in [0.4, 0.5) is 23.7 Å². The quantitative estimate of drug-likeness (QED) is 0.558. The summed E-state index contributed by atoms with van der Waals surface area (Å²) in [5.41, 5.74) is 2.76. The number of anilines is 1. The Bertz CT molecular complexity index is 1100. The van der Waals surface area contributed by atoms with Crippen LogP contribution in [0.3, 0.4) is 0 Å². The van der Waals surface area contributed by atoms with Crippen molar-refractivity contribution in [2.24, 2.45) is 0 Å². The van der Waals surface area contributed by atoms with Crippen LogP contribution in [0.5, 0.6) is 5.75 Å². The average Bonchev–Trinajstić information content (AvgIpc) is 3.02. The maximum atomic E-state index is 12.9. The SMILES string of the molecule is O=C1CN(Cc2ccncc2-c2ccccc2)C(=O)N1c1ccc(OC(F)(F)F)cc1. The number of imide groups is 1. The molecule has 3 aromatic rings. The first-order valence-electron chi connectivity index (χ1n) is 9.28. The van der Waals surface area contributed by atoms with Gasteiger partial charge >= 0.3 is 12.4 Å². The van der Waals surface area contributed by atoms with Crippen LogP contribution >= 0.6 is 0 Å². The van der Waals surface area contributed by atoms with Crippen LogP contribution in [-0.4, -0.2) is 34.7 Å². The van der Waals surface area contributed by atoms with E-state index < -0.39 is 24.1 Å². The van der Waals surface area contributed by atoms with Gasteiger partial charge in [0.2, 0.25) is 0 Å². The topological polar surface area (TPSA) is 62.7 Å². The monoisotopic (exact) mass is 427 g/mol. The van der Waals surface area contributed by atoms with Crippen LogP contribution in [0.1, 0.15) is 5.56 Å². The van der Waals surface area contributed by atoms with E-state index in [0.29, 0.717) is 0 Å². The Kier molecular flexibility index (Phi) is 5.33. The fourth-order valence-corrected chi connectivity index (χ4v) is 3.37. The number of carbonyl (C=O) groups excluding carboxylic acids is 2. The number of amides is 3. The van der Waals surface area contributed by atoms with E-state index in [1.54, 1.807) is 18.5 Å². The molecule has 1 aliphatic heterocycles. The predicted molar refractivity (Wildman–Crippen MR) is 106 cm³/mol. The Balaban J connectivity index is 1.54. The maximum absolute atomic E-state index is 12.9. The summed E-state index contributed by atoms with van der Waals surface area (Å²) < 4.78 is 40.8. The molecule has 158 valence electrons. The van der Waals surface area contributed by atoms with Gasteiger partial charge < -0.3 is 9.64 Å². The van der Waals surface area contributed by atoms with Crippen molar-refractivity contribution < 1.29 is 27.5 Å². The molecule has 0 bridgehead atoms. The number of rotatable bonds is 5. The molecule has 31 heavy (non-hydrogen) atoms. The highest BCUT2D eigenvalue weighted by Gasteiger charge is 2.37. The molecular formula is C22H16F3N3O3. The van der Waals surface area contributed by atoms with Crippen LogP contribution in [-0.2, 0) is 11.3 Å². The van der Waals surface area contributed by atoms with Gasteiger partial charge in [0, 0.05) is 24.5 Å². The van der Waals surface area contributed by atoms with Crippen molar-refractivity contribution in [1.82, 2.24) is 9.88 Å². The molecule has 2 heterocycles. The summed E-state index contributed by atoms with van der Waals surface area (Å²) in [7, 11) is 0. The maximum Gasteiger partial charge on any atom is 0.573 e. The average molecular weight is 427 g/mol. The Morgan fingerprint density at radius 1 is 0.968 bits per heavy atom. The minimum absolute atomic E-state index is 0.143. The van der Waals surface area contributed by atoms with E-state index in [9.17, 15) is 22.8 Å². The molecule has 2 aromatic carbocycles. The number of hydrogen-bond acceptors (Lipinski definition) is 4. The van der Waals surface area contributed by atoms with Gasteiger partial charge in [-0.2, -0.15) is 0 Å². The van der Waals surface area contributed by atoms with Gasteiger partial charge in [-0.15, -0.1) is 13.2 Å². The van der Waals surface area contributed by atoms with E-state index in [1.807, 2.05) is 30.3 Å². The summed E-state index contributed by atoms with van der Waals surface area (Å²) in [4.78, 5) is 31.9. The fraction of sp³-hybridized carbons (Fsp3) is 0.136. The van der Waals surface area contributed by atoms with Crippen LogP contribution < -0.4 is 9.64 Å². The molecule has 0 spiro atoms. The Morgan fingerprint density at radius 2 is 1.68 bits per heavy atom. The zero-order chi connectivity index (χ0) is 22.0. The van der Waals surface area contributed by atoms with Crippen molar-refractivity contribution in [3.05, 3.63) is 78.6 Å². The largest absolute Gasteiger partial charge is 0.573 e. The molecule has 1 saturated heterocycles. The number of halogens is 3. The molecule has 0 unspecified atom stereocenters. The Hall–Kier alpha value is -3.88. The molecule has 0 N–H and O–H groups in total. The first-order valence-corrected chi connectivity index (χ1v) is 9.28. The van der Waals surface area contributed by atoms with Gasteiger partial charge in [-0.25, -0.2) is 9.69 Å². The third kappa shape index (κ3) is 4.50. The summed E-state index contributed by atoms with van der Waals surface area (Å²) >= 11 is 0. The lowest BCUT2D eigenvalue weighted by atomic mass is 10.0. The number of urea groups is 1. The van der Waals surface area contributed by atoms with E-state index in [2.05, 4.69) is 9.72 Å². The van der Waals surface area contributed by atoms with Gasteiger partial charge in [-0.05, 0) is 41.5 Å². The van der Waals surface area contributed by atoms with Gasteiger partial charge in [0.1, 0.15) is 12.3 Å². The third-order valence-electron chi connectivity index (χ3n) is 4.72. The summed E-state index contributed by atoms with van der Waals surface area (Å²) in [5.74, 6) is -0.902. The van der Waals surface area contributed by atoms with E-state index in [4.69, 9.17) is 0 Å². The number of pyridine rings is 1. The highest BCUT2D eigenvalue weighted by atomic mass is 19.4. The number of nitrogens with zero attached hydrogens (tertiary/aromatic N) is 3. The van der Waals surface area contributed by atoms with E-state index in [1.165, 1.54) is 17.0 Å². The summed E-state index contributed by atoms with van der Waals surface area (Å²) in [5, 5.41) is 0. The van der Waals surface area contributed by atoms with Gasteiger partial charge in [0.05, 0.1) is 5.69 Å². The number of hydrogen-bond donors (Lipinski definition) is 0. The summed E-state index contributed by atoms with van der Waals surface area (Å²) in [6, 6.07) is 15.4. The van der Waals surface area contributed by atoms with Crippen molar-refractivity contribution in [2.45, 2.75) is 12.9 Å². The van der Waals surface area contributed by atoms with Crippen molar-refractivity contribution in [3.8, 4) is 16.9 Å². The highest BCUT2D eigenvalue weighted by molar-refractivity contribution is 6.19. The Labute approximate surface area is 175 Å². The lowest BCUT2D eigenvalue weighted by Crippen LogP contribution is -2.32. The van der Waals surface area contributed by atoms with Crippen LogP contribution in [0.15, 0.2) is 73.1 Å². The third-order valence-corrected chi connectivity index (χ3v) is 4.72. The molecule has 6 nitrogen and oxygen atoms in total. The van der Waals surface area contributed by atoms with Gasteiger partial charge in [-0.1, -0.05) is 30.3 Å². The zero-order valence-corrected chi connectivity index (χ0v) is 16.0. The Morgan fingerprint density at radius 3 is 2.35 bits per heavy atom. The molecule has 0 radical (unpaired) electrons. The van der Waals surface area contributed by atoms with E-state index >= 15 is 0 Å². The van der Waals surface area contributed by atoms with E-state index in [0.717, 1.165) is 33.7 Å². The summed E-state index contributed by atoms with van der Waals surface area (Å²) in [6.45, 7) is 0.0410. The molecular weight excluding hydrogens is 411 g/mol. The lowest BCUT2D eigenvalue weighted by molar-refractivity contribution is -0.274. The van der Waals surface area contributed by atoms with Crippen LogP contribution in [0.2, 0.25) is 0 Å². The molecule has 1 fully saturated rings. The number of benzene rings is 2.